The molecule has 0 bridgehead atoms. The summed E-state index contributed by atoms with van der Waals surface area (Å²) < 4.78 is 0. The van der Waals surface area contributed by atoms with Crippen molar-refractivity contribution in [1.82, 2.24) is 9.97 Å². The molecule has 1 aliphatic heterocycles. The van der Waals surface area contributed by atoms with Gasteiger partial charge in [0.25, 0.3) is 0 Å². The Bertz CT molecular complexity index is 350. The number of hydrogen-bond acceptors (Lipinski definition) is 5. The van der Waals surface area contributed by atoms with E-state index in [1.807, 2.05) is 4.90 Å². The second-order valence-corrected chi connectivity index (χ2v) is 4.00. The highest BCUT2D eigenvalue weighted by molar-refractivity contribution is 6.29. The van der Waals surface area contributed by atoms with Crippen LogP contribution in [0.4, 0.5) is 5.82 Å². The molecule has 0 saturated carbocycles. The van der Waals surface area contributed by atoms with Crippen molar-refractivity contribution in [2.45, 2.75) is 6.10 Å². The molecule has 0 amide bonds. The van der Waals surface area contributed by atoms with Crippen LogP contribution in [0, 0.1) is 5.92 Å². The van der Waals surface area contributed by atoms with Gasteiger partial charge in [-0.05, 0) is 0 Å². The summed E-state index contributed by atoms with van der Waals surface area (Å²) in [6.45, 7) is 1.04. The Kier molecular flexibility index (Phi) is 3.04. The van der Waals surface area contributed by atoms with Crippen molar-refractivity contribution >= 4 is 17.4 Å². The van der Waals surface area contributed by atoms with E-state index in [4.69, 9.17) is 16.7 Å². The zero-order chi connectivity index (χ0) is 10.8. The Hall–Kier alpha value is -0.910. The number of aliphatic hydroxyl groups is 2. The van der Waals surface area contributed by atoms with Gasteiger partial charge < -0.3 is 15.1 Å². The third kappa shape index (κ3) is 2.19. The van der Waals surface area contributed by atoms with Gasteiger partial charge in [0.15, 0.2) is 0 Å². The molecule has 82 valence electrons. The predicted octanol–water partition coefficient (Wildman–Crippen LogP) is -0.0806. The summed E-state index contributed by atoms with van der Waals surface area (Å²) in [7, 11) is 0. The lowest BCUT2D eigenvalue weighted by Crippen LogP contribution is -2.22. The van der Waals surface area contributed by atoms with Crippen LogP contribution in [0.2, 0.25) is 5.15 Å². The molecule has 2 heterocycles. The van der Waals surface area contributed by atoms with Crippen molar-refractivity contribution in [3.63, 3.8) is 0 Å². The minimum atomic E-state index is -0.510. The van der Waals surface area contributed by atoms with E-state index in [1.165, 1.54) is 6.33 Å². The molecular weight excluding hydrogens is 218 g/mol. The lowest BCUT2D eigenvalue weighted by atomic mass is 10.1. The van der Waals surface area contributed by atoms with Crippen molar-refractivity contribution < 1.29 is 10.2 Å². The fraction of sp³-hybridized carbons (Fsp3) is 0.556. The van der Waals surface area contributed by atoms with Crippen LogP contribution in [-0.4, -0.2) is 46.0 Å². The first-order valence-electron chi connectivity index (χ1n) is 4.72. The minimum absolute atomic E-state index is 0.0174. The first kappa shape index (κ1) is 10.6. The van der Waals surface area contributed by atoms with Crippen molar-refractivity contribution in [3.05, 3.63) is 17.5 Å². The third-order valence-electron chi connectivity index (χ3n) is 2.58. The molecule has 1 aliphatic rings. The summed E-state index contributed by atoms with van der Waals surface area (Å²) in [6, 6.07) is 1.65. The second kappa shape index (κ2) is 4.30. The van der Waals surface area contributed by atoms with Crippen LogP contribution in [0.3, 0.4) is 0 Å². The van der Waals surface area contributed by atoms with Crippen molar-refractivity contribution in [2.24, 2.45) is 5.92 Å². The summed E-state index contributed by atoms with van der Waals surface area (Å²) in [6.07, 6.45) is 0.875. The number of halogens is 1. The first-order chi connectivity index (χ1) is 7.20. The van der Waals surface area contributed by atoms with Crippen molar-refractivity contribution in [1.29, 1.82) is 0 Å². The number of aromatic nitrogens is 2. The summed E-state index contributed by atoms with van der Waals surface area (Å²) in [4.78, 5) is 9.74. The quantitative estimate of drug-likeness (QED) is 0.695. The molecule has 1 saturated heterocycles. The molecule has 2 unspecified atom stereocenters. The van der Waals surface area contributed by atoms with Crippen LogP contribution in [0.5, 0.6) is 0 Å². The van der Waals surface area contributed by atoms with E-state index < -0.39 is 6.10 Å². The van der Waals surface area contributed by atoms with Gasteiger partial charge in [0, 0.05) is 25.1 Å². The van der Waals surface area contributed by atoms with E-state index >= 15 is 0 Å². The van der Waals surface area contributed by atoms with Gasteiger partial charge in [-0.15, -0.1) is 0 Å². The van der Waals surface area contributed by atoms with E-state index in [1.54, 1.807) is 6.07 Å². The molecule has 0 spiro atoms. The van der Waals surface area contributed by atoms with E-state index in [0.29, 0.717) is 24.1 Å². The van der Waals surface area contributed by atoms with E-state index in [9.17, 15) is 5.11 Å². The fourth-order valence-electron chi connectivity index (χ4n) is 1.72. The van der Waals surface area contributed by atoms with Gasteiger partial charge in [0.2, 0.25) is 0 Å². The van der Waals surface area contributed by atoms with E-state index in [0.717, 1.165) is 0 Å². The topological polar surface area (TPSA) is 69.5 Å². The van der Waals surface area contributed by atoms with Gasteiger partial charge in [-0.3, -0.25) is 0 Å². The van der Waals surface area contributed by atoms with Crippen LogP contribution < -0.4 is 4.90 Å². The maximum Gasteiger partial charge on any atom is 0.134 e. The summed E-state index contributed by atoms with van der Waals surface area (Å²) in [5, 5.41) is 19.0. The molecular formula is C9H12ClN3O2. The van der Waals surface area contributed by atoms with Crippen LogP contribution in [0.1, 0.15) is 0 Å². The molecule has 2 rings (SSSR count). The molecule has 0 aromatic carbocycles. The lowest BCUT2D eigenvalue weighted by molar-refractivity contribution is 0.104. The Labute approximate surface area is 92.3 Å². The Morgan fingerprint density at radius 2 is 2.27 bits per heavy atom. The largest absolute Gasteiger partial charge is 0.396 e. The maximum atomic E-state index is 9.61. The minimum Gasteiger partial charge on any atom is -0.396 e. The zero-order valence-corrected chi connectivity index (χ0v) is 8.80. The summed E-state index contributed by atoms with van der Waals surface area (Å²) in [5.41, 5.74) is 0. The number of nitrogens with zero attached hydrogens (tertiary/aromatic N) is 3. The number of β-amino-alcohol motifs (C(OH)–C–C–N with tert-alkyl or cyclic N) is 1. The van der Waals surface area contributed by atoms with E-state index in [2.05, 4.69) is 9.97 Å². The highest BCUT2D eigenvalue weighted by atomic mass is 35.5. The highest BCUT2D eigenvalue weighted by Gasteiger charge is 2.31. The molecule has 0 aliphatic carbocycles. The molecule has 1 aromatic rings. The molecule has 15 heavy (non-hydrogen) atoms. The van der Waals surface area contributed by atoms with Gasteiger partial charge in [-0.2, -0.15) is 0 Å². The van der Waals surface area contributed by atoms with Gasteiger partial charge in [0.1, 0.15) is 17.3 Å². The lowest BCUT2D eigenvalue weighted by Gasteiger charge is -2.16. The number of hydrogen-bond donors (Lipinski definition) is 2. The van der Waals surface area contributed by atoms with Gasteiger partial charge in [0.05, 0.1) is 12.7 Å². The molecule has 0 radical (unpaired) electrons. The zero-order valence-electron chi connectivity index (χ0n) is 8.04. The normalized spacial score (nSPS) is 25.9. The molecule has 5 nitrogen and oxygen atoms in total. The first-order valence-corrected chi connectivity index (χ1v) is 5.10. The standard InChI is InChI=1S/C9H12ClN3O2/c10-8-1-9(12-5-11-8)13-2-6(4-14)7(15)3-13/h1,5-7,14-15H,2-4H2. The number of anilines is 1. The Morgan fingerprint density at radius 3 is 2.87 bits per heavy atom. The smallest absolute Gasteiger partial charge is 0.134 e. The highest BCUT2D eigenvalue weighted by Crippen LogP contribution is 2.23. The van der Waals surface area contributed by atoms with Gasteiger partial charge >= 0.3 is 0 Å². The average molecular weight is 230 g/mol. The van der Waals surface area contributed by atoms with E-state index in [-0.39, 0.29) is 12.5 Å². The van der Waals surface area contributed by atoms with Crippen molar-refractivity contribution in [2.75, 3.05) is 24.6 Å². The number of aliphatic hydroxyl groups excluding tert-OH is 2. The van der Waals surface area contributed by atoms with Gasteiger partial charge in [-0.25, -0.2) is 9.97 Å². The Morgan fingerprint density at radius 1 is 1.47 bits per heavy atom. The average Bonchev–Trinajstić information content (AvgIpc) is 2.60. The molecule has 6 heteroatoms. The van der Waals surface area contributed by atoms with Gasteiger partial charge in [-0.1, -0.05) is 11.6 Å². The third-order valence-corrected chi connectivity index (χ3v) is 2.79. The van der Waals surface area contributed by atoms with Crippen LogP contribution in [0.15, 0.2) is 12.4 Å². The molecule has 2 atom stereocenters. The summed E-state index contributed by atoms with van der Waals surface area (Å²) >= 11 is 5.74. The second-order valence-electron chi connectivity index (χ2n) is 3.61. The SMILES string of the molecule is OCC1CN(c2cc(Cl)ncn2)CC1O. The van der Waals surface area contributed by atoms with Crippen molar-refractivity contribution in [3.8, 4) is 0 Å². The molecule has 1 aromatic heterocycles. The molecule has 1 fully saturated rings. The Balaban J connectivity index is 2.13. The van der Waals surface area contributed by atoms with Crippen LogP contribution >= 0.6 is 11.6 Å². The maximum absolute atomic E-state index is 9.61. The fourth-order valence-corrected chi connectivity index (χ4v) is 1.86. The van der Waals surface area contributed by atoms with Crippen LogP contribution in [-0.2, 0) is 0 Å². The summed E-state index contributed by atoms with van der Waals surface area (Å²) in [5.74, 6) is 0.573. The molecule has 2 N–H and O–H groups in total. The monoisotopic (exact) mass is 229 g/mol. The predicted molar refractivity (Wildman–Crippen MR) is 55.8 cm³/mol. The number of rotatable bonds is 2. The van der Waals surface area contributed by atoms with Crippen LogP contribution in [0.25, 0.3) is 0 Å².